The molecule has 1 fully saturated rings. The van der Waals surface area contributed by atoms with Crippen LogP contribution in [0, 0.1) is 18.3 Å². The summed E-state index contributed by atoms with van der Waals surface area (Å²) in [5.74, 6) is 0.450. The minimum atomic E-state index is 0.0413. The van der Waals surface area contributed by atoms with Crippen LogP contribution >= 0.6 is 11.6 Å². The van der Waals surface area contributed by atoms with Crippen LogP contribution in [0.15, 0.2) is 42.5 Å². The van der Waals surface area contributed by atoms with Crippen LogP contribution in [0.4, 0.5) is 5.69 Å². The van der Waals surface area contributed by atoms with Crippen molar-refractivity contribution in [2.75, 3.05) is 31.1 Å². The number of alkyl halides is 1. The molecule has 0 atom stereocenters. The summed E-state index contributed by atoms with van der Waals surface area (Å²) in [7, 11) is 0. The number of para-hydroxylation sites is 1. The highest BCUT2D eigenvalue weighted by Gasteiger charge is 2.23. The number of amides is 1. The zero-order chi connectivity index (χ0) is 17.8. The number of rotatable bonds is 3. The van der Waals surface area contributed by atoms with E-state index in [1.54, 1.807) is 0 Å². The van der Waals surface area contributed by atoms with Crippen molar-refractivity contribution in [2.24, 2.45) is 0 Å². The van der Waals surface area contributed by atoms with Crippen LogP contribution in [0.1, 0.15) is 27.0 Å². The number of carbonyl (C=O) groups is 1. The van der Waals surface area contributed by atoms with Crippen molar-refractivity contribution in [3.63, 3.8) is 0 Å². The van der Waals surface area contributed by atoms with Gasteiger partial charge in [0.25, 0.3) is 5.91 Å². The fourth-order valence-electron chi connectivity index (χ4n) is 3.13. The molecule has 128 valence electrons. The van der Waals surface area contributed by atoms with Gasteiger partial charge < -0.3 is 9.80 Å². The number of aryl methyl sites for hydroxylation is 1. The molecular formula is C20H20ClN3O. The quantitative estimate of drug-likeness (QED) is 0.792. The number of nitrogens with zero attached hydrogens (tertiary/aromatic N) is 3. The minimum absolute atomic E-state index is 0.0413. The van der Waals surface area contributed by atoms with Crippen molar-refractivity contribution in [3.8, 4) is 6.07 Å². The van der Waals surface area contributed by atoms with Gasteiger partial charge in [-0.3, -0.25) is 4.79 Å². The smallest absolute Gasteiger partial charge is 0.253 e. The monoisotopic (exact) mass is 353 g/mol. The average Bonchev–Trinajstić information content (AvgIpc) is 2.68. The maximum absolute atomic E-state index is 12.8. The number of hydrogen-bond acceptors (Lipinski definition) is 3. The van der Waals surface area contributed by atoms with E-state index in [4.69, 9.17) is 11.6 Å². The molecule has 1 amide bonds. The van der Waals surface area contributed by atoms with Gasteiger partial charge in [-0.15, -0.1) is 11.6 Å². The van der Waals surface area contributed by atoms with Crippen molar-refractivity contribution in [2.45, 2.75) is 12.8 Å². The number of anilines is 1. The highest BCUT2D eigenvalue weighted by molar-refractivity contribution is 6.17. The number of piperazine rings is 1. The van der Waals surface area contributed by atoms with Crippen molar-refractivity contribution < 1.29 is 4.79 Å². The molecule has 2 aromatic carbocycles. The molecule has 0 saturated carbocycles. The summed E-state index contributed by atoms with van der Waals surface area (Å²) in [5, 5.41) is 9.26. The maximum atomic E-state index is 12.8. The van der Waals surface area contributed by atoms with Gasteiger partial charge in [-0.2, -0.15) is 5.26 Å². The number of halogens is 1. The van der Waals surface area contributed by atoms with E-state index in [2.05, 4.69) is 11.0 Å². The number of benzene rings is 2. The summed E-state index contributed by atoms with van der Waals surface area (Å²) in [4.78, 5) is 16.8. The molecule has 2 aromatic rings. The van der Waals surface area contributed by atoms with Gasteiger partial charge >= 0.3 is 0 Å². The summed E-state index contributed by atoms with van der Waals surface area (Å²) in [6, 6.07) is 15.5. The molecule has 0 N–H and O–H groups in total. The van der Waals surface area contributed by atoms with Gasteiger partial charge in [-0.05, 0) is 42.3 Å². The van der Waals surface area contributed by atoms with Gasteiger partial charge in [-0.1, -0.05) is 18.2 Å². The van der Waals surface area contributed by atoms with E-state index in [1.807, 2.05) is 54.3 Å². The Labute approximate surface area is 153 Å². The van der Waals surface area contributed by atoms with E-state index in [0.717, 1.165) is 29.9 Å². The SMILES string of the molecule is Cc1ccc(C(=O)N2CCN(c3ccccc3C#N)CC2)cc1CCl. The van der Waals surface area contributed by atoms with Crippen LogP contribution in [-0.2, 0) is 5.88 Å². The number of nitriles is 1. The van der Waals surface area contributed by atoms with Crippen molar-refractivity contribution in [3.05, 3.63) is 64.7 Å². The van der Waals surface area contributed by atoms with Gasteiger partial charge in [0.15, 0.2) is 0 Å². The zero-order valence-corrected chi connectivity index (χ0v) is 15.0. The molecule has 25 heavy (non-hydrogen) atoms. The Bertz CT molecular complexity index is 820. The molecule has 1 aliphatic rings. The predicted molar refractivity (Wildman–Crippen MR) is 100 cm³/mol. The lowest BCUT2D eigenvalue weighted by Crippen LogP contribution is -2.49. The lowest BCUT2D eigenvalue weighted by molar-refractivity contribution is 0.0746. The second-order valence-corrected chi connectivity index (χ2v) is 6.45. The largest absolute Gasteiger partial charge is 0.367 e. The second-order valence-electron chi connectivity index (χ2n) is 6.18. The molecule has 0 bridgehead atoms. The summed E-state index contributed by atoms with van der Waals surface area (Å²) in [6.07, 6.45) is 0. The van der Waals surface area contributed by atoms with Crippen molar-refractivity contribution >= 4 is 23.2 Å². The molecule has 1 saturated heterocycles. The highest BCUT2D eigenvalue weighted by Crippen LogP contribution is 2.22. The van der Waals surface area contributed by atoms with Crippen LogP contribution in [-0.4, -0.2) is 37.0 Å². The Morgan fingerprint density at radius 2 is 1.88 bits per heavy atom. The first kappa shape index (κ1) is 17.3. The van der Waals surface area contributed by atoms with E-state index in [-0.39, 0.29) is 5.91 Å². The summed E-state index contributed by atoms with van der Waals surface area (Å²) >= 11 is 5.95. The second kappa shape index (κ2) is 7.58. The van der Waals surface area contributed by atoms with Gasteiger partial charge in [-0.25, -0.2) is 0 Å². The average molecular weight is 354 g/mol. The van der Waals surface area contributed by atoms with E-state index >= 15 is 0 Å². The molecule has 5 heteroatoms. The minimum Gasteiger partial charge on any atom is -0.367 e. The fraction of sp³-hybridized carbons (Fsp3) is 0.300. The van der Waals surface area contributed by atoms with Crippen LogP contribution < -0.4 is 4.90 Å². The number of carbonyl (C=O) groups excluding carboxylic acids is 1. The Morgan fingerprint density at radius 3 is 2.56 bits per heavy atom. The molecule has 4 nitrogen and oxygen atoms in total. The molecule has 1 aliphatic heterocycles. The molecule has 0 radical (unpaired) electrons. The first-order chi connectivity index (χ1) is 12.1. The first-order valence-corrected chi connectivity index (χ1v) is 8.86. The lowest BCUT2D eigenvalue weighted by Gasteiger charge is -2.36. The summed E-state index contributed by atoms with van der Waals surface area (Å²) < 4.78 is 0. The molecule has 1 heterocycles. The Kier molecular flexibility index (Phi) is 5.25. The predicted octanol–water partition coefficient (Wildman–Crippen LogP) is 3.57. The van der Waals surface area contributed by atoms with Gasteiger partial charge in [0.1, 0.15) is 6.07 Å². The molecule has 0 aliphatic carbocycles. The topological polar surface area (TPSA) is 47.3 Å². The third kappa shape index (κ3) is 3.62. The molecular weight excluding hydrogens is 334 g/mol. The fourth-order valence-corrected chi connectivity index (χ4v) is 3.41. The third-order valence-corrected chi connectivity index (χ3v) is 4.96. The highest BCUT2D eigenvalue weighted by atomic mass is 35.5. The van der Waals surface area contributed by atoms with E-state index < -0.39 is 0 Å². The summed E-state index contributed by atoms with van der Waals surface area (Å²) in [6.45, 7) is 4.72. The van der Waals surface area contributed by atoms with Crippen LogP contribution in [0.25, 0.3) is 0 Å². The Hall–Kier alpha value is -2.51. The normalized spacial score (nSPS) is 14.3. The van der Waals surface area contributed by atoms with Gasteiger partial charge in [0.2, 0.25) is 0 Å². The van der Waals surface area contributed by atoms with Gasteiger partial charge in [0.05, 0.1) is 11.3 Å². The van der Waals surface area contributed by atoms with E-state index in [0.29, 0.717) is 30.1 Å². The van der Waals surface area contributed by atoms with Gasteiger partial charge in [0, 0.05) is 37.6 Å². The van der Waals surface area contributed by atoms with E-state index in [9.17, 15) is 10.1 Å². The Morgan fingerprint density at radius 1 is 1.16 bits per heavy atom. The zero-order valence-electron chi connectivity index (χ0n) is 14.2. The number of hydrogen-bond donors (Lipinski definition) is 0. The van der Waals surface area contributed by atoms with Crippen LogP contribution in [0.3, 0.4) is 0 Å². The Balaban J connectivity index is 1.70. The lowest BCUT2D eigenvalue weighted by atomic mass is 10.0. The first-order valence-electron chi connectivity index (χ1n) is 8.33. The molecule has 0 aromatic heterocycles. The van der Waals surface area contributed by atoms with Crippen LogP contribution in [0.2, 0.25) is 0 Å². The van der Waals surface area contributed by atoms with Crippen molar-refractivity contribution in [1.29, 1.82) is 5.26 Å². The third-order valence-electron chi connectivity index (χ3n) is 4.67. The van der Waals surface area contributed by atoms with Crippen LogP contribution in [0.5, 0.6) is 0 Å². The standard InChI is InChI=1S/C20H20ClN3O/c1-15-6-7-16(12-18(15)13-21)20(25)24-10-8-23(9-11-24)19-5-3-2-4-17(19)14-22/h2-7,12H,8-11,13H2,1H3. The van der Waals surface area contributed by atoms with Crippen molar-refractivity contribution in [1.82, 2.24) is 4.90 Å². The molecule has 3 rings (SSSR count). The maximum Gasteiger partial charge on any atom is 0.253 e. The van der Waals surface area contributed by atoms with E-state index in [1.165, 1.54) is 0 Å². The summed E-state index contributed by atoms with van der Waals surface area (Å²) in [5.41, 5.74) is 4.40. The molecule has 0 spiro atoms. The molecule has 0 unspecified atom stereocenters.